The van der Waals surface area contributed by atoms with Crippen molar-refractivity contribution >= 4 is 27.5 Å². The zero-order valence-electron chi connectivity index (χ0n) is 17.9. The third-order valence-corrected chi connectivity index (χ3v) is 5.92. The Kier molecular flexibility index (Phi) is 7.44. The largest absolute Gasteiger partial charge is 0.486 e. The van der Waals surface area contributed by atoms with Crippen molar-refractivity contribution in [1.82, 2.24) is 20.2 Å². The molecule has 2 aromatic rings. The number of oxime groups is 1. The van der Waals surface area contributed by atoms with Gasteiger partial charge in [0.1, 0.15) is 6.61 Å². The molecule has 15 heteroatoms. The number of halogens is 3. The minimum Gasteiger partial charge on any atom is -0.486 e. The quantitative estimate of drug-likeness (QED) is 0.420. The van der Waals surface area contributed by atoms with Gasteiger partial charge in [0.15, 0.2) is 21.4 Å². The van der Waals surface area contributed by atoms with Crippen molar-refractivity contribution in [1.29, 1.82) is 0 Å². The van der Waals surface area contributed by atoms with Crippen LogP contribution in [-0.4, -0.2) is 79.0 Å². The highest BCUT2D eigenvalue weighted by atomic mass is 32.2. The molecule has 1 saturated heterocycles. The van der Waals surface area contributed by atoms with Crippen LogP contribution in [0.25, 0.3) is 0 Å². The van der Waals surface area contributed by atoms with Gasteiger partial charge in [-0.15, -0.1) is 0 Å². The molecule has 0 aliphatic carbocycles. The number of nitrogens with zero attached hydrogens (tertiary/aromatic N) is 5. The van der Waals surface area contributed by atoms with Crippen LogP contribution >= 0.6 is 0 Å². The van der Waals surface area contributed by atoms with E-state index in [1.807, 2.05) is 0 Å². The smallest absolute Gasteiger partial charge is 0.471 e. The number of amidine groups is 1. The van der Waals surface area contributed by atoms with Gasteiger partial charge in [-0.25, -0.2) is 18.4 Å². The first-order chi connectivity index (χ1) is 16.0. The molecular formula is C19H21F3N6O5S. The van der Waals surface area contributed by atoms with E-state index in [1.165, 1.54) is 29.4 Å². The Balaban J connectivity index is 1.54. The number of aromatic nitrogens is 2. The predicted molar refractivity (Wildman–Crippen MR) is 113 cm³/mol. The van der Waals surface area contributed by atoms with Crippen molar-refractivity contribution in [2.24, 2.45) is 5.16 Å². The summed E-state index contributed by atoms with van der Waals surface area (Å²) in [7, 11) is -3.28. The highest BCUT2D eigenvalue weighted by Gasteiger charge is 2.39. The van der Waals surface area contributed by atoms with Gasteiger partial charge < -0.3 is 25.1 Å². The topological polar surface area (TPSA) is 137 Å². The molecule has 11 nitrogen and oxygen atoms in total. The second kappa shape index (κ2) is 10.1. The van der Waals surface area contributed by atoms with E-state index in [0.717, 1.165) is 11.8 Å². The molecule has 0 spiro atoms. The molecule has 1 fully saturated rings. The molecule has 2 N–H and O–H groups in total. The fourth-order valence-corrected chi connectivity index (χ4v) is 3.60. The number of hydrogen-bond donors (Lipinski definition) is 2. The average Bonchev–Trinajstić information content (AvgIpc) is 2.80. The fourth-order valence-electron chi connectivity index (χ4n) is 2.97. The molecule has 34 heavy (non-hydrogen) atoms. The summed E-state index contributed by atoms with van der Waals surface area (Å²) in [5.41, 5.74) is 0.744. The summed E-state index contributed by atoms with van der Waals surface area (Å²) in [6.07, 6.45) is -1.02. The average molecular weight is 502 g/mol. The van der Waals surface area contributed by atoms with Gasteiger partial charge in [-0.05, 0) is 17.7 Å². The summed E-state index contributed by atoms with van der Waals surface area (Å²) < 4.78 is 65.6. The summed E-state index contributed by atoms with van der Waals surface area (Å²) in [5.74, 6) is -1.40. The van der Waals surface area contributed by atoms with E-state index in [2.05, 4.69) is 15.1 Å². The van der Waals surface area contributed by atoms with Gasteiger partial charge in [-0.1, -0.05) is 17.3 Å². The van der Waals surface area contributed by atoms with E-state index in [1.54, 1.807) is 22.3 Å². The second-order valence-electron chi connectivity index (χ2n) is 7.29. The predicted octanol–water partition coefficient (Wildman–Crippen LogP) is 1.00. The number of ether oxygens (including phenoxy) is 1. The molecule has 2 heterocycles. The Labute approximate surface area is 192 Å². The molecule has 1 aromatic carbocycles. The van der Waals surface area contributed by atoms with Crippen molar-refractivity contribution in [2.45, 2.75) is 17.7 Å². The Morgan fingerprint density at radius 2 is 1.85 bits per heavy atom. The third-order valence-electron chi connectivity index (χ3n) is 4.79. The molecule has 184 valence electrons. The summed E-state index contributed by atoms with van der Waals surface area (Å²) in [6, 6.07) is 6.25. The highest BCUT2D eigenvalue weighted by Crippen LogP contribution is 2.18. The van der Waals surface area contributed by atoms with E-state index in [9.17, 15) is 31.6 Å². The summed E-state index contributed by atoms with van der Waals surface area (Å²) >= 11 is 0. The molecule has 0 bridgehead atoms. The van der Waals surface area contributed by atoms with Crippen LogP contribution in [0.15, 0.2) is 46.7 Å². The Hall–Kier alpha value is -3.62. The van der Waals surface area contributed by atoms with Gasteiger partial charge in [0, 0.05) is 19.3 Å². The number of rotatable bonds is 7. The lowest BCUT2D eigenvalue weighted by molar-refractivity contribution is -0.174. The number of sulfone groups is 1. The highest BCUT2D eigenvalue weighted by molar-refractivity contribution is 7.90. The van der Waals surface area contributed by atoms with Gasteiger partial charge in [0.25, 0.3) is 0 Å². The summed E-state index contributed by atoms with van der Waals surface area (Å²) in [5, 5.41) is 14.1. The molecule has 0 unspecified atom stereocenters. The van der Waals surface area contributed by atoms with Gasteiger partial charge in [-0.3, -0.25) is 4.79 Å². The molecule has 1 aliphatic heterocycles. The number of carbonyl (C=O) groups is 1. The monoisotopic (exact) mass is 502 g/mol. The maximum atomic E-state index is 12.3. The Morgan fingerprint density at radius 3 is 2.41 bits per heavy atom. The van der Waals surface area contributed by atoms with Crippen molar-refractivity contribution in [3.8, 4) is 5.75 Å². The van der Waals surface area contributed by atoms with E-state index >= 15 is 0 Å². The number of amides is 1. The minimum atomic E-state index is -5.00. The molecular weight excluding hydrogens is 481 g/mol. The molecule has 1 aliphatic rings. The Morgan fingerprint density at radius 1 is 1.21 bits per heavy atom. The SMILES string of the molecule is CS(=O)(=O)c1ccc(COc2cnc(N3CCN(CNC(=O)C(F)(F)F)/C(=N/O)C3)nc2)cc1. The molecule has 0 radical (unpaired) electrons. The van der Waals surface area contributed by atoms with Gasteiger partial charge in [0.2, 0.25) is 5.95 Å². The molecule has 0 atom stereocenters. The summed E-state index contributed by atoms with van der Waals surface area (Å²) in [6.45, 7) is 0.155. The number of nitrogens with one attached hydrogen (secondary N) is 1. The lowest BCUT2D eigenvalue weighted by Crippen LogP contribution is -2.55. The first-order valence-corrected chi connectivity index (χ1v) is 11.7. The normalized spacial score (nSPS) is 15.9. The van der Waals surface area contributed by atoms with Crippen molar-refractivity contribution in [2.75, 3.05) is 37.5 Å². The second-order valence-corrected chi connectivity index (χ2v) is 9.30. The number of piperazine rings is 1. The van der Waals surface area contributed by atoms with Crippen LogP contribution in [0.5, 0.6) is 5.75 Å². The molecule has 3 rings (SSSR count). The number of carbonyl (C=O) groups excluding carboxylic acids is 1. The standard InChI is InChI=1S/C19H21F3N6O5S/c1-34(31,32)15-4-2-13(3-5-15)11-33-14-8-23-18(24-9-14)27-6-7-28(16(10-27)26-30)12-25-17(29)19(20,21)22/h2-5,8-9,30H,6-7,10-12H2,1H3,(H,25,29)/b26-16+. The third kappa shape index (κ3) is 6.46. The van der Waals surface area contributed by atoms with E-state index in [-0.39, 0.29) is 36.4 Å². The Bertz CT molecular complexity index is 1140. The maximum absolute atomic E-state index is 12.3. The van der Waals surface area contributed by atoms with Crippen molar-refractivity contribution in [3.05, 3.63) is 42.2 Å². The molecule has 1 aromatic heterocycles. The number of benzene rings is 1. The zero-order valence-corrected chi connectivity index (χ0v) is 18.7. The first-order valence-electron chi connectivity index (χ1n) is 9.77. The van der Waals surface area contributed by atoms with Crippen molar-refractivity contribution in [3.63, 3.8) is 0 Å². The lowest BCUT2D eigenvalue weighted by atomic mass is 10.2. The van der Waals surface area contributed by atoms with Gasteiger partial charge in [-0.2, -0.15) is 13.2 Å². The fraction of sp³-hybridized carbons (Fsp3) is 0.368. The van der Waals surface area contributed by atoms with Gasteiger partial charge >= 0.3 is 12.1 Å². The van der Waals surface area contributed by atoms with Crippen LogP contribution in [0, 0.1) is 0 Å². The van der Waals surface area contributed by atoms with Crippen molar-refractivity contribution < 1.29 is 36.3 Å². The van der Waals surface area contributed by atoms with E-state index in [4.69, 9.17) is 4.74 Å². The number of anilines is 1. The van der Waals surface area contributed by atoms with Crippen LogP contribution in [0.1, 0.15) is 5.56 Å². The molecule has 0 saturated carbocycles. The lowest BCUT2D eigenvalue weighted by Gasteiger charge is -2.36. The minimum absolute atomic E-state index is 0.00524. The van der Waals surface area contributed by atoms with Crippen LogP contribution in [0.2, 0.25) is 0 Å². The molecule has 1 amide bonds. The van der Waals surface area contributed by atoms with E-state index in [0.29, 0.717) is 12.3 Å². The van der Waals surface area contributed by atoms with Crippen LogP contribution < -0.4 is 15.0 Å². The zero-order chi connectivity index (χ0) is 24.9. The van der Waals surface area contributed by atoms with Gasteiger partial charge in [0.05, 0.1) is 30.5 Å². The van der Waals surface area contributed by atoms with Crippen LogP contribution in [0.4, 0.5) is 19.1 Å². The van der Waals surface area contributed by atoms with Crippen LogP contribution in [0.3, 0.4) is 0 Å². The number of alkyl halides is 3. The maximum Gasteiger partial charge on any atom is 0.471 e. The number of hydrogen-bond acceptors (Lipinski definition) is 9. The van der Waals surface area contributed by atoms with Crippen LogP contribution in [-0.2, 0) is 21.2 Å². The summed E-state index contributed by atoms with van der Waals surface area (Å²) in [4.78, 5) is 22.5. The first kappa shape index (κ1) is 25.0. The van der Waals surface area contributed by atoms with E-state index < -0.39 is 28.6 Å².